The molecular weight excluding hydrogens is 370 g/mol. The van der Waals surface area contributed by atoms with Crippen LogP contribution in [0, 0.1) is 11.8 Å². The van der Waals surface area contributed by atoms with Gasteiger partial charge in [-0.05, 0) is 37.9 Å². The van der Waals surface area contributed by atoms with Crippen molar-refractivity contribution in [3.63, 3.8) is 0 Å². The summed E-state index contributed by atoms with van der Waals surface area (Å²) in [5, 5.41) is 10.5. The van der Waals surface area contributed by atoms with Crippen LogP contribution in [0.15, 0.2) is 0 Å². The summed E-state index contributed by atoms with van der Waals surface area (Å²) in [5.41, 5.74) is 3.28. The average molecular weight is 398 g/mol. The van der Waals surface area contributed by atoms with Gasteiger partial charge in [-0.2, -0.15) is 0 Å². The van der Waals surface area contributed by atoms with Crippen molar-refractivity contribution >= 4 is 29.7 Å². The van der Waals surface area contributed by atoms with Gasteiger partial charge < -0.3 is 10.1 Å². The fourth-order valence-corrected chi connectivity index (χ4v) is 5.23. The maximum absolute atomic E-state index is 12.7. The molecule has 3 amide bonds. The summed E-state index contributed by atoms with van der Waals surface area (Å²) in [4.78, 5) is 37.0. The van der Waals surface area contributed by atoms with E-state index in [4.69, 9.17) is 4.74 Å². The first-order valence-electron chi connectivity index (χ1n) is 9.77. The third kappa shape index (κ3) is 4.39. The Balaban J connectivity index is 1.26. The first-order valence-corrected chi connectivity index (χ1v) is 10.8. The van der Waals surface area contributed by atoms with Crippen LogP contribution in [0.25, 0.3) is 0 Å². The minimum absolute atomic E-state index is 0.0519. The minimum atomic E-state index is -0.672. The molecule has 1 saturated carbocycles. The Labute approximate surface area is 162 Å². The molecule has 0 aromatic heterocycles. The highest BCUT2D eigenvalue weighted by Crippen LogP contribution is 2.31. The molecular formula is C17H27N5O4S. The summed E-state index contributed by atoms with van der Waals surface area (Å²) in [6, 6.07) is 0. The quantitative estimate of drug-likeness (QED) is 0.514. The lowest BCUT2D eigenvalue weighted by molar-refractivity contribution is -0.128. The Morgan fingerprint density at radius 1 is 1.11 bits per heavy atom. The number of imide groups is 1. The summed E-state index contributed by atoms with van der Waals surface area (Å²) in [5.74, 6) is -0.219. The van der Waals surface area contributed by atoms with Crippen LogP contribution in [-0.4, -0.2) is 65.9 Å². The van der Waals surface area contributed by atoms with E-state index in [0.29, 0.717) is 25.7 Å². The monoisotopic (exact) mass is 397 g/mol. The van der Waals surface area contributed by atoms with Gasteiger partial charge in [0, 0.05) is 19.6 Å². The van der Waals surface area contributed by atoms with Crippen LogP contribution in [0.2, 0.25) is 0 Å². The molecule has 4 atom stereocenters. The summed E-state index contributed by atoms with van der Waals surface area (Å²) in [6.07, 6.45) is 4.02. The highest BCUT2D eigenvalue weighted by atomic mass is 32.2. The van der Waals surface area contributed by atoms with Crippen LogP contribution in [0.5, 0.6) is 0 Å². The third-order valence-corrected chi connectivity index (χ3v) is 7.04. The SMILES string of the molecule is O=C(NC(=O)C1CCSC1NC(=O)C1CNC2CCNN2C1)OC1CCC1. The Hall–Kier alpha value is -1.36. The second-order valence-corrected chi connectivity index (χ2v) is 8.86. The summed E-state index contributed by atoms with van der Waals surface area (Å²) < 4.78 is 5.18. The number of amides is 3. The maximum atomic E-state index is 12.7. The van der Waals surface area contributed by atoms with Crippen molar-refractivity contribution in [1.29, 1.82) is 0 Å². The number of hydrazine groups is 1. The van der Waals surface area contributed by atoms with Gasteiger partial charge in [-0.25, -0.2) is 9.80 Å². The molecule has 4 fully saturated rings. The Morgan fingerprint density at radius 2 is 1.96 bits per heavy atom. The zero-order valence-corrected chi connectivity index (χ0v) is 16.1. The van der Waals surface area contributed by atoms with Crippen molar-refractivity contribution < 1.29 is 19.1 Å². The smallest absolute Gasteiger partial charge is 0.414 e. The number of carbonyl (C=O) groups excluding carboxylic acids is 3. The van der Waals surface area contributed by atoms with Crippen molar-refractivity contribution in [2.24, 2.45) is 11.8 Å². The molecule has 0 bridgehead atoms. The topological polar surface area (TPSA) is 112 Å². The number of rotatable bonds is 4. The lowest BCUT2D eigenvalue weighted by Gasteiger charge is -2.35. The molecule has 9 nitrogen and oxygen atoms in total. The highest BCUT2D eigenvalue weighted by molar-refractivity contribution is 8.00. The van der Waals surface area contributed by atoms with Crippen LogP contribution in [0.3, 0.4) is 0 Å². The molecule has 1 aliphatic carbocycles. The highest BCUT2D eigenvalue weighted by Gasteiger charge is 2.39. The Bertz CT molecular complexity index is 602. The van der Waals surface area contributed by atoms with Gasteiger partial charge in [-0.3, -0.25) is 25.6 Å². The number of ether oxygens (including phenoxy) is 1. The summed E-state index contributed by atoms with van der Waals surface area (Å²) in [7, 11) is 0. The number of hydrogen-bond acceptors (Lipinski definition) is 8. The van der Waals surface area contributed by atoms with Crippen LogP contribution in [0.4, 0.5) is 4.79 Å². The van der Waals surface area contributed by atoms with Crippen molar-refractivity contribution in [1.82, 2.24) is 26.4 Å². The number of nitrogens with zero attached hydrogens (tertiary/aromatic N) is 1. The molecule has 150 valence electrons. The molecule has 0 aromatic carbocycles. The zero-order chi connectivity index (χ0) is 18.8. The minimum Gasteiger partial charge on any atom is -0.446 e. The van der Waals surface area contributed by atoms with Gasteiger partial charge in [0.05, 0.1) is 23.4 Å². The molecule has 4 rings (SSSR count). The normalized spacial score (nSPS) is 33.8. The number of fused-ring (bicyclic) bond motifs is 1. The number of carbonyl (C=O) groups is 3. The van der Waals surface area contributed by atoms with Crippen LogP contribution in [-0.2, 0) is 14.3 Å². The molecule has 0 spiro atoms. The largest absolute Gasteiger partial charge is 0.446 e. The maximum Gasteiger partial charge on any atom is 0.414 e. The van der Waals surface area contributed by atoms with Crippen molar-refractivity contribution in [2.45, 2.75) is 49.7 Å². The Morgan fingerprint density at radius 3 is 2.74 bits per heavy atom. The van der Waals surface area contributed by atoms with Crippen molar-refractivity contribution in [3.05, 3.63) is 0 Å². The zero-order valence-electron chi connectivity index (χ0n) is 15.2. The fraction of sp³-hybridized carbons (Fsp3) is 0.824. The van der Waals surface area contributed by atoms with E-state index >= 15 is 0 Å². The van der Waals surface area contributed by atoms with Gasteiger partial charge in [0.1, 0.15) is 6.10 Å². The van der Waals surface area contributed by atoms with E-state index in [0.717, 1.165) is 38.0 Å². The second-order valence-electron chi connectivity index (χ2n) is 7.61. The second kappa shape index (κ2) is 8.34. The number of nitrogens with one attached hydrogen (secondary N) is 4. The van der Waals surface area contributed by atoms with Crippen LogP contribution >= 0.6 is 11.8 Å². The Kier molecular flexibility index (Phi) is 5.86. The van der Waals surface area contributed by atoms with Crippen molar-refractivity contribution in [2.75, 3.05) is 25.4 Å². The number of hydrogen-bond donors (Lipinski definition) is 4. The molecule has 10 heteroatoms. The first-order chi connectivity index (χ1) is 13.1. The molecule has 3 heterocycles. The summed E-state index contributed by atoms with van der Waals surface area (Å²) >= 11 is 1.55. The van der Waals surface area contributed by atoms with Crippen molar-refractivity contribution in [3.8, 4) is 0 Å². The van der Waals surface area contributed by atoms with Gasteiger partial charge in [-0.1, -0.05) is 0 Å². The number of thioether (sulfide) groups is 1. The molecule has 0 radical (unpaired) electrons. The standard InChI is InChI=1S/C17H27N5O4S/c23-14(10-8-18-13-4-6-19-22(13)9-10)20-16-12(5-7-27-16)15(24)21-17(25)26-11-2-1-3-11/h10-13,16,18-19H,1-9H2,(H,20,23)(H,21,24,25). The van der Waals surface area contributed by atoms with E-state index in [1.165, 1.54) is 0 Å². The van der Waals surface area contributed by atoms with Gasteiger partial charge >= 0.3 is 6.09 Å². The third-order valence-electron chi connectivity index (χ3n) is 5.76. The van der Waals surface area contributed by atoms with E-state index in [2.05, 4.69) is 26.4 Å². The van der Waals surface area contributed by atoms with E-state index in [-0.39, 0.29) is 29.2 Å². The lowest BCUT2D eigenvalue weighted by atomic mass is 9.96. The molecule has 0 aromatic rings. The summed E-state index contributed by atoms with van der Waals surface area (Å²) in [6.45, 7) is 2.21. The van der Waals surface area contributed by atoms with E-state index in [9.17, 15) is 14.4 Å². The predicted molar refractivity (Wildman–Crippen MR) is 99.4 cm³/mol. The molecule has 4 N–H and O–H groups in total. The average Bonchev–Trinajstić information content (AvgIpc) is 3.26. The van der Waals surface area contributed by atoms with Gasteiger partial charge in [0.15, 0.2) is 0 Å². The lowest BCUT2D eigenvalue weighted by Crippen LogP contribution is -2.59. The van der Waals surface area contributed by atoms with Gasteiger partial charge in [-0.15, -0.1) is 11.8 Å². The van der Waals surface area contributed by atoms with Gasteiger partial charge in [0.2, 0.25) is 11.8 Å². The van der Waals surface area contributed by atoms with E-state index < -0.39 is 12.0 Å². The van der Waals surface area contributed by atoms with Crippen LogP contribution in [0.1, 0.15) is 32.1 Å². The fourth-order valence-electron chi connectivity index (χ4n) is 3.89. The molecule has 27 heavy (non-hydrogen) atoms. The molecule has 3 saturated heterocycles. The molecule has 3 aliphatic heterocycles. The van der Waals surface area contributed by atoms with E-state index in [1.54, 1.807) is 11.8 Å². The molecule has 4 aliphatic rings. The first kappa shape index (κ1) is 19.0. The molecule has 4 unspecified atom stereocenters. The number of alkyl carbamates (subject to hydrolysis) is 1. The van der Waals surface area contributed by atoms with Gasteiger partial charge in [0.25, 0.3) is 0 Å². The van der Waals surface area contributed by atoms with E-state index in [1.807, 2.05) is 0 Å². The van der Waals surface area contributed by atoms with Crippen LogP contribution < -0.4 is 21.4 Å². The predicted octanol–water partition coefficient (Wildman–Crippen LogP) is -0.257.